The van der Waals surface area contributed by atoms with Crippen LogP contribution in [0.4, 0.5) is 0 Å². The quantitative estimate of drug-likeness (QED) is 0.767. The molecule has 3 N–H and O–H groups in total. The Morgan fingerprint density at radius 3 is 2.47 bits per heavy atom. The highest BCUT2D eigenvalue weighted by Crippen LogP contribution is 2.22. The fourth-order valence-electron chi connectivity index (χ4n) is 1.70. The fraction of sp³-hybridized carbons (Fsp3) is 0.417. The van der Waals surface area contributed by atoms with Crippen molar-refractivity contribution >= 4 is 5.91 Å². The molecule has 0 fully saturated rings. The number of carbonyl (C=O) groups is 1. The second-order valence-corrected chi connectivity index (χ2v) is 3.65. The van der Waals surface area contributed by atoms with Crippen molar-refractivity contribution in [3.05, 3.63) is 35.9 Å². The summed E-state index contributed by atoms with van der Waals surface area (Å²) in [5.41, 5.74) is 6.08. The van der Waals surface area contributed by atoms with E-state index < -0.39 is 17.9 Å². The topological polar surface area (TPSA) is 63.3 Å². The van der Waals surface area contributed by atoms with Crippen LogP contribution >= 0.6 is 0 Å². The van der Waals surface area contributed by atoms with Gasteiger partial charge in [0.05, 0.1) is 12.0 Å². The molecule has 3 nitrogen and oxygen atoms in total. The van der Waals surface area contributed by atoms with Gasteiger partial charge in [0, 0.05) is 0 Å². The third kappa shape index (κ3) is 3.06. The Hall–Kier alpha value is -1.35. The van der Waals surface area contributed by atoms with Crippen molar-refractivity contribution in [2.75, 3.05) is 0 Å². The van der Waals surface area contributed by atoms with Gasteiger partial charge in [-0.05, 0) is 12.0 Å². The lowest BCUT2D eigenvalue weighted by Crippen LogP contribution is -2.31. The van der Waals surface area contributed by atoms with Crippen LogP contribution in [0.1, 0.15) is 31.2 Å². The standard InChI is InChI=1S/C12H17NO2/c1-2-6-10(14)11(12(13)15)9-7-4-3-5-8-9/h3-5,7-8,10-11,14H,2,6H2,1H3,(H2,13,15). The highest BCUT2D eigenvalue weighted by Gasteiger charge is 2.25. The predicted molar refractivity (Wildman–Crippen MR) is 59.3 cm³/mol. The van der Waals surface area contributed by atoms with Crippen LogP contribution in [-0.2, 0) is 4.79 Å². The number of nitrogens with two attached hydrogens (primary N) is 1. The summed E-state index contributed by atoms with van der Waals surface area (Å²) in [5, 5.41) is 9.83. The predicted octanol–water partition coefficient (Wildman–Crippen LogP) is 1.42. The van der Waals surface area contributed by atoms with Gasteiger partial charge >= 0.3 is 0 Å². The van der Waals surface area contributed by atoms with Gasteiger partial charge in [-0.1, -0.05) is 43.7 Å². The SMILES string of the molecule is CCCC(O)C(C(N)=O)c1ccccc1. The van der Waals surface area contributed by atoms with Gasteiger partial charge in [-0.2, -0.15) is 0 Å². The van der Waals surface area contributed by atoms with Gasteiger partial charge in [-0.25, -0.2) is 0 Å². The van der Waals surface area contributed by atoms with E-state index in [9.17, 15) is 9.90 Å². The molecular formula is C12H17NO2. The molecule has 1 rings (SSSR count). The number of hydrogen-bond acceptors (Lipinski definition) is 2. The summed E-state index contributed by atoms with van der Waals surface area (Å²) in [6.07, 6.45) is 0.732. The van der Waals surface area contributed by atoms with E-state index in [1.54, 1.807) is 0 Å². The third-order valence-corrected chi connectivity index (χ3v) is 2.43. The third-order valence-electron chi connectivity index (χ3n) is 2.43. The summed E-state index contributed by atoms with van der Waals surface area (Å²) in [7, 11) is 0. The Morgan fingerprint density at radius 1 is 1.40 bits per heavy atom. The first-order valence-electron chi connectivity index (χ1n) is 5.19. The summed E-state index contributed by atoms with van der Waals surface area (Å²) in [4.78, 5) is 11.3. The summed E-state index contributed by atoms with van der Waals surface area (Å²) in [5.74, 6) is -1.06. The molecule has 1 aromatic carbocycles. The molecule has 0 saturated heterocycles. The van der Waals surface area contributed by atoms with Gasteiger partial charge in [0.15, 0.2) is 0 Å². The van der Waals surface area contributed by atoms with Gasteiger partial charge in [-0.15, -0.1) is 0 Å². The molecule has 0 aliphatic rings. The minimum absolute atomic E-state index is 0.470. The first-order chi connectivity index (χ1) is 7.16. The normalized spacial score (nSPS) is 14.5. The number of aliphatic hydroxyl groups excluding tert-OH is 1. The number of rotatable bonds is 5. The van der Waals surface area contributed by atoms with Crippen molar-refractivity contribution in [3.63, 3.8) is 0 Å². The zero-order chi connectivity index (χ0) is 11.3. The Kier molecular flexibility index (Phi) is 4.31. The van der Waals surface area contributed by atoms with Crippen LogP contribution < -0.4 is 5.73 Å². The summed E-state index contributed by atoms with van der Waals surface area (Å²) in [6.45, 7) is 1.96. The van der Waals surface area contributed by atoms with Crippen LogP contribution in [0.3, 0.4) is 0 Å². The molecule has 0 aliphatic heterocycles. The van der Waals surface area contributed by atoms with Crippen molar-refractivity contribution in [1.82, 2.24) is 0 Å². The Balaban J connectivity index is 2.88. The molecule has 1 aromatic rings. The molecule has 82 valence electrons. The minimum atomic E-state index is -0.685. The molecule has 0 aromatic heterocycles. The van der Waals surface area contributed by atoms with E-state index in [2.05, 4.69) is 0 Å². The molecule has 3 heteroatoms. The molecule has 0 radical (unpaired) electrons. The van der Waals surface area contributed by atoms with Crippen LogP contribution in [0.5, 0.6) is 0 Å². The van der Waals surface area contributed by atoms with Crippen LogP contribution in [0.2, 0.25) is 0 Å². The average molecular weight is 207 g/mol. The van der Waals surface area contributed by atoms with E-state index in [1.807, 2.05) is 37.3 Å². The fourth-order valence-corrected chi connectivity index (χ4v) is 1.70. The number of primary amides is 1. The van der Waals surface area contributed by atoms with Crippen LogP contribution in [0.25, 0.3) is 0 Å². The summed E-state index contributed by atoms with van der Waals surface area (Å²) in [6, 6.07) is 9.17. The number of carbonyl (C=O) groups excluding carboxylic acids is 1. The molecule has 15 heavy (non-hydrogen) atoms. The van der Waals surface area contributed by atoms with Gasteiger partial charge in [0.25, 0.3) is 0 Å². The Labute approximate surface area is 89.9 Å². The van der Waals surface area contributed by atoms with E-state index in [1.165, 1.54) is 0 Å². The first-order valence-corrected chi connectivity index (χ1v) is 5.19. The molecular weight excluding hydrogens is 190 g/mol. The van der Waals surface area contributed by atoms with Crippen molar-refractivity contribution in [3.8, 4) is 0 Å². The summed E-state index contributed by atoms with van der Waals surface area (Å²) >= 11 is 0. The van der Waals surface area contributed by atoms with Gasteiger partial charge in [0.2, 0.25) is 5.91 Å². The number of hydrogen-bond donors (Lipinski definition) is 2. The maximum absolute atomic E-state index is 11.3. The van der Waals surface area contributed by atoms with Crippen LogP contribution in [0.15, 0.2) is 30.3 Å². The number of benzene rings is 1. The first kappa shape index (κ1) is 11.7. The Morgan fingerprint density at radius 2 is 2.00 bits per heavy atom. The van der Waals surface area contributed by atoms with Crippen molar-refractivity contribution in [2.45, 2.75) is 31.8 Å². The van der Waals surface area contributed by atoms with Gasteiger partial charge < -0.3 is 10.8 Å². The lowest BCUT2D eigenvalue weighted by Gasteiger charge is -2.19. The highest BCUT2D eigenvalue weighted by atomic mass is 16.3. The monoisotopic (exact) mass is 207 g/mol. The largest absolute Gasteiger partial charge is 0.392 e. The molecule has 0 heterocycles. The molecule has 0 aliphatic carbocycles. The van der Waals surface area contributed by atoms with Crippen LogP contribution in [0, 0.1) is 0 Å². The maximum Gasteiger partial charge on any atom is 0.227 e. The van der Waals surface area contributed by atoms with Gasteiger partial charge in [0.1, 0.15) is 0 Å². The zero-order valence-electron chi connectivity index (χ0n) is 8.89. The highest BCUT2D eigenvalue weighted by molar-refractivity contribution is 5.82. The zero-order valence-corrected chi connectivity index (χ0v) is 8.89. The van der Waals surface area contributed by atoms with E-state index >= 15 is 0 Å². The van der Waals surface area contributed by atoms with Crippen molar-refractivity contribution in [1.29, 1.82) is 0 Å². The second kappa shape index (κ2) is 5.51. The molecule has 2 unspecified atom stereocenters. The van der Waals surface area contributed by atoms with Gasteiger partial charge in [-0.3, -0.25) is 4.79 Å². The van der Waals surface area contributed by atoms with E-state index in [4.69, 9.17) is 5.73 Å². The average Bonchev–Trinajstić information content (AvgIpc) is 2.19. The Bertz CT molecular complexity index is 311. The molecule has 0 spiro atoms. The van der Waals surface area contributed by atoms with E-state index in [0.29, 0.717) is 6.42 Å². The number of aliphatic hydroxyl groups is 1. The molecule has 0 saturated carbocycles. The van der Waals surface area contributed by atoms with Crippen molar-refractivity contribution in [2.24, 2.45) is 5.73 Å². The van der Waals surface area contributed by atoms with E-state index in [-0.39, 0.29) is 0 Å². The lowest BCUT2D eigenvalue weighted by molar-refractivity contribution is -0.122. The maximum atomic E-state index is 11.3. The van der Waals surface area contributed by atoms with E-state index in [0.717, 1.165) is 12.0 Å². The molecule has 0 bridgehead atoms. The minimum Gasteiger partial charge on any atom is -0.392 e. The molecule has 2 atom stereocenters. The smallest absolute Gasteiger partial charge is 0.227 e. The van der Waals surface area contributed by atoms with Crippen LogP contribution in [-0.4, -0.2) is 17.1 Å². The molecule has 1 amide bonds. The summed E-state index contributed by atoms with van der Waals surface area (Å²) < 4.78 is 0. The lowest BCUT2D eigenvalue weighted by atomic mass is 9.90. The number of amides is 1. The second-order valence-electron chi connectivity index (χ2n) is 3.65. The van der Waals surface area contributed by atoms with Crippen molar-refractivity contribution < 1.29 is 9.90 Å².